The predicted molar refractivity (Wildman–Crippen MR) is 50.9 cm³/mol. The monoisotopic (exact) mass is 166 g/mol. The smallest absolute Gasteiger partial charge is 0.133 e. The van der Waals surface area contributed by atoms with E-state index in [2.05, 4.69) is 26.0 Å². The van der Waals surface area contributed by atoms with Crippen molar-refractivity contribution < 1.29 is 4.79 Å². The van der Waals surface area contributed by atoms with Crippen LogP contribution in [0.15, 0.2) is 12.2 Å². The van der Waals surface area contributed by atoms with E-state index in [9.17, 15) is 4.79 Å². The summed E-state index contributed by atoms with van der Waals surface area (Å²) < 4.78 is 0. The Bertz CT molecular complexity index is 163. The van der Waals surface area contributed by atoms with Gasteiger partial charge in [-0.25, -0.2) is 0 Å². The Morgan fingerprint density at radius 1 is 1.08 bits per heavy atom. The predicted octanol–water partition coefficient (Wildman–Crippen LogP) is 2.96. The molecule has 2 atom stereocenters. The van der Waals surface area contributed by atoms with Gasteiger partial charge in [0.2, 0.25) is 0 Å². The van der Waals surface area contributed by atoms with Gasteiger partial charge < -0.3 is 0 Å². The maximum absolute atomic E-state index is 11.4. The zero-order chi connectivity index (χ0) is 8.97. The molecule has 0 saturated heterocycles. The van der Waals surface area contributed by atoms with Crippen LogP contribution in [-0.4, -0.2) is 5.78 Å². The van der Waals surface area contributed by atoms with Crippen LogP contribution < -0.4 is 0 Å². The summed E-state index contributed by atoms with van der Waals surface area (Å²) in [6.07, 6.45) is 8.12. The van der Waals surface area contributed by atoms with Crippen LogP contribution in [0, 0.1) is 11.8 Å². The minimum absolute atomic E-state index is 0.443. The highest BCUT2D eigenvalue weighted by Crippen LogP contribution is 2.18. The molecule has 0 bridgehead atoms. The third-order valence-corrected chi connectivity index (χ3v) is 2.40. The van der Waals surface area contributed by atoms with Crippen LogP contribution in [-0.2, 0) is 4.79 Å². The van der Waals surface area contributed by atoms with Gasteiger partial charge >= 0.3 is 0 Å². The van der Waals surface area contributed by atoms with Gasteiger partial charge in [-0.3, -0.25) is 4.79 Å². The SMILES string of the molecule is C[C@@H]1CC=CC[C@H](C)CC(=O)C1. The van der Waals surface area contributed by atoms with Crippen molar-refractivity contribution in [1.29, 1.82) is 0 Å². The Kier molecular flexibility index (Phi) is 3.51. The van der Waals surface area contributed by atoms with E-state index in [0.717, 1.165) is 25.7 Å². The van der Waals surface area contributed by atoms with Crippen LogP contribution in [0.3, 0.4) is 0 Å². The Morgan fingerprint density at radius 2 is 1.50 bits per heavy atom. The molecular weight excluding hydrogens is 148 g/mol. The highest BCUT2D eigenvalue weighted by atomic mass is 16.1. The van der Waals surface area contributed by atoms with Crippen LogP contribution in [0.5, 0.6) is 0 Å². The average molecular weight is 166 g/mol. The van der Waals surface area contributed by atoms with Crippen molar-refractivity contribution >= 4 is 5.78 Å². The molecule has 0 saturated carbocycles. The fourth-order valence-electron chi connectivity index (χ4n) is 1.68. The summed E-state index contributed by atoms with van der Waals surface area (Å²) >= 11 is 0. The molecule has 1 rings (SSSR count). The fourth-order valence-corrected chi connectivity index (χ4v) is 1.68. The minimum atomic E-state index is 0.443. The number of carbonyl (C=O) groups excluding carboxylic acids is 1. The molecule has 68 valence electrons. The molecule has 0 aliphatic heterocycles. The quantitative estimate of drug-likeness (QED) is 0.506. The summed E-state index contributed by atoms with van der Waals surface area (Å²) in [5.41, 5.74) is 0. The maximum Gasteiger partial charge on any atom is 0.133 e. The highest BCUT2D eigenvalue weighted by Gasteiger charge is 2.12. The van der Waals surface area contributed by atoms with Gasteiger partial charge in [-0.2, -0.15) is 0 Å². The number of rotatable bonds is 0. The standard InChI is InChI=1S/C11H18O/c1-9-5-3-4-6-10(2)8-11(12)7-9/h3-4,9-10H,5-8H2,1-2H3/t9-,10+. The van der Waals surface area contributed by atoms with Crippen LogP contribution in [0.4, 0.5) is 0 Å². The first-order valence-electron chi connectivity index (χ1n) is 4.85. The second kappa shape index (κ2) is 4.44. The number of hydrogen-bond donors (Lipinski definition) is 0. The Morgan fingerprint density at radius 3 is 1.92 bits per heavy atom. The van der Waals surface area contributed by atoms with E-state index in [1.165, 1.54) is 0 Å². The molecule has 1 heteroatoms. The Hall–Kier alpha value is -0.590. The summed E-state index contributed by atoms with van der Waals surface area (Å²) in [7, 11) is 0. The lowest BCUT2D eigenvalue weighted by atomic mass is 9.96. The molecule has 1 nitrogen and oxygen atoms in total. The highest BCUT2D eigenvalue weighted by molar-refractivity contribution is 5.78. The number of Topliss-reactive ketones (excluding diaryl/α,β-unsaturated/α-hetero) is 1. The molecule has 0 amide bonds. The Labute approximate surface area is 74.9 Å². The van der Waals surface area contributed by atoms with E-state index < -0.39 is 0 Å². The first-order chi connectivity index (χ1) is 5.68. The second-order valence-corrected chi connectivity index (χ2v) is 4.10. The fraction of sp³-hybridized carbons (Fsp3) is 0.727. The van der Waals surface area contributed by atoms with Crippen LogP contribution in [0.2, 0.25) is 0 Å². The molecule has 1 aliphatic rings. The van der Waals surface area contributed by atoms with Gasteiger partial charge in [-0.15, -0.1) is 0 Å². The molecule has 0 aromatic heterocycles. The van der Waals surface area contributed by atoms with Crippen LogP contribution in [0.1, 0.15) is 39.5 Å². The van der Waals surface area contributed by atoms with Gasteiger partial charge in [0, 0.05) is 12.8 Å². The van der Waals surface area contributed by atoms with E-state index in [4.69, 9.17) is 0 Å². The van der Waals surface area contributed by atoms with Gasteiger partial charge in [0.25, 0.3) is 0 Å². The van der Waals surface area contributed by atoms with Crippen molar-refractivity contribution in [3.63, 3.8) is 0 Å². The lowest BCUT2D eigenvalue weighted by molar-refractivity contribution is -0.120. The summed E-state index contributed by atoms with van der Waals surface area (Å²) in [4.78, 5) is 11.4. The topological polar surface area (TPSA) is 17.1 Å². The van der Waals surface area contributed by atoms with Gasteiger partial charge in [0.15, 0.2) is 0 Å². The van der Waals surface area contributed by atoms with E-state index in [0.29, 0.717) is 17.6 Å². The lowest BCUT2D eigenvalue weighted by Gasteiger charge is -2.08. The molecular formula is C11H18O. The van der Waals surface area contributed by atoms with Crippen molar-refractivity contribution in [3.05, 3.63) is 12.2 Å². The molecule has 0 aromatic rings. The Balaban J connectivity index is 2.52. The summed E-state index contributed by atoms with van der Waals surface area (Å²) in [5.74, 6) is 1.52. The average Bonchev–Trinajstić information content (AvgIpc) is 2.01. The summed E-state index contributed by atoms with van der Waals surface area (Å²) in [5, 5.41) is 0. The van der Waals surface area contributed by atoms with Crippen LogP contribution >= 0.6 is 0 Å². The first-order valence-corrected chi connectivity index (χ1v) is 4.85. The molecule has 0 aromatic carbocycles. The van der Waals surface area contributed by atoms with Gasteiger partial charge in [-0.1, -0.05) is 26.0 Å². The molecule has 0 unspecified atom stereocenters. The van der Waals surface area contributed by atoms with E-state index >= 15 is 0 Å². The van der Waals surface area contributed by atoms with Gasteiger partial charge in [0.1, 0.15) is 5.78 Å². The number of hydrogen-bond acceptors (Lipinski definition) is 1. The normalized spacial score (nSPS) is 32.3. The zero-order valence-electron chi connectivity index (χ0n) is 8.05. The van der Waals surface area contributed by atoms with Crippen molar-refractivity contribution in [3.8, 4) is 0 Å². The molecule has 0 radical (unpaired) electrons. The largest absolute Gasteiger partial charge is 0.300 e. The molecule has 12 heavy (non-hydrogen) atoms. The summed E-state index contributed by atoms with van der Waals surface area (Å²) in [6.45, 7) is 4.30. The number of allylic oxidation sites excluding steroid dienone is 2. The third kappa shape index (κ3) is 3.21. The van der Waals surface area contributed by atoms with Crippen molar-refractivity contribution in [2.75, 3.05) is 0 Å². The van der Waals surface area contributed by atoms with E-state index in [-0.39, 0.29) is 0 Å². The lowest BCUT2D eigenvalue weighted by Crippen LogP contribution is -2.07. The van der Waals surface area contributed by atoms with Crippen LogP contribution in [0.25, 0.3) is 0 Å². The maximum atomic E-state index is 11.4. The zero-order valence-corrected chi connectivity index (χ0v) is 8.05. The molecule has 0 fully saturated rings. The van der Waals surface area contributed by atoms with E-state index in [1.54, 1.807) is 0 Å². The molecule has 0 spiro atoms. The third-order valence-electron chi connectivity index (χ3n) is 2.40. The van der Waals surface area contributed by atoms with Crippen molar-refractivity contribution in [1.82, 2.24) is 0 Å². The summed E-state index contributed by atoms with van der Waals surface area (Å²) in [6, 6.07) is 0. The molecule has 0 N–H and O–H groups in total. The van der Waals surface area contributed by atoms with Gasteiger partial charge in [-0.05, 0) is 24.7 Å². The molecule has 1 aliphatic carbocycles. The number of carbonyl (C=O) groups is 1. The minimum Gasteiger partial charge on any atom is -0.300 e. The van der Waals surface area contributed by atoms with E-state index in [1.807, 2.05) is 0 Å². The number of ketones is 1. The van der Waals surface area contributed by atoms with Gasteiger partial charge in [0.05, 0.1) is 0 Å². The van der Waals surface area contributed by atoms with Crippen molar-refractivity contribution in [2.45, 2.75) is 39.5 Å². The first kappa shape index (κ1) is 9.50. The van der Waals surface area contributed by atoms with Crippen molar-refractivity contribution in [2.24, 2.45) is 11.8 Å². The second-order valence-electron chi connectivity index (χ2n) is 4.10. The molecule has 0 heterocycles.